The van der Waals surface area contributed by atoms with E-state index in [-0.39, 0.29) is 11.4 Å². The molecule has 0 saturated carbocycles. The molecule has 1 aliphatic rings. The lowest BCUT2D eigenvalue weighted by atomic mass is 10.2. The molecular weight excluding hydrogens is 269 g/mol. The van der Waals surface area contributed by atoms with Gasteiger partial charge in [0.1, 0.15) is 12.9 Å². The first-order chi connectivity index (χ1) is 9.42. The van der Waals surface area contributed by atoms with Gasteiger partial charge >= 0.3 is 0 Å². The second-order valence-corrected chi connectivity index (χ2v) is 8.67. The van der Waals surface area contributed by atoms with Gasteiger partial charge in [0, 0.05) is 16.3 Å². The summed E-state index contributed by atoms with van der Waals surface area (Å²) in [6, 6.07) is 10.5. The van der Waals surface area contributed by atoms with Crippen molar-refractivity contribution >= 4 is 30.0 Å². The van der Waals surface area contributed by atoms with Gasteiger partial charge < -0.3 is 9.67 Å². The van der Waals surface area contributed by atoms with Crippen LogP contribution in [0.15, 0.2) is 41.4 Å². The minimum absolute atomic E-state index is 0.0564. The number of phenols is 1. The summed E-state index contributed by atoms with van der Waals surface area (Å²) in [4.78, 5) is 4.56. The van der Waals surface area contributed by atoms with Gasteiger partial charge in [0.05, 0.1) is 11.0 Å². The molecule has 3 nitrogen and oxygen atoms in total. The summed E-state index contributed by atoms with van der Waals surface area (Å²) in [5.74, 6) is 0.119. The Morgan fingerprint density at radius 2 is 1.90 bits per heavy atom. The lowest BCUT2D eigenvalue weighted by Gasteiger charge is -2.27. The molecule has 1 unspecified atom stereocenters. The van der Waals surface area contributed by atoms with Gasteiger partial charge in [-0.25, -0.2) is 4.99 Å². The van der Waals surface area contributed by atoms with E-state index in [9.17, 15) is 9.67 Å². The van der Waals surface area contributed by atoms with Gasteiger partial charge in [0.25, 0.3) is 0 Å². The smallest absolute Gasteiger partial charge is 0.150 e. The highest BCUT2D eigenvalue weighted by Crippen LogP contribution is 2.51. The van der Waals surface area contributed by atoms with Crippen molar-refractivity contribution in [3.63, 3.8) is 0 Å². The van der Waals surface area contributed by atoms with E-state index >= 15 is 0 Å². The maximum Gasteiger partial charge on any atom is 0.150 e. The second-order valence-electron chi connectivity index (χ2n) is 5.36. The third kappa shape index (κ3) is 1.74. The summed E-state index contributed by atoms with van der Waals surface area (Å²) in [5, 5.41) is 12.7. The highest BCUT2D eigenvalue weighted by molar-refractivity contribution is 7.79. The van der Waals surface area contributed by atoms with Crippen molar-refractivity contribution in [2.24, 2.45) is 4.99 Å². The summed E-state index contributed by atoms with van der Waals surface area (Å²) in [7, 11) is -2.81. The van der Waals surface area contributed by atoms with E-state index in [1.165, 1.54) is 0 Å². The van der Waals surface area contributed by atoms with Gasteiger partial charge in [0.2, 0.25) is 0 Å². The standard InChI is InChI=1S/C16H16NO2P/c1-10(2)20(19)15-8-11(3)4-6-13(15)17-14-7-5-12(18)9-16(14)20/h4-10,18H,3H2,1-2H3. The lowest BCUT2D eigenvalue weighted by molar-refractivity contribution is 0.475. The molecule has 0 bridgehead atoms. The fourth-order valence-corrected chi connectivity index (χ4v) is 5.60. The summed E-state index contributed by atoms with van der Waals surface area (Å²) >= 11 is 0. The molecule has 3 rings (SSSR count). The van der Waals surface area contributed by atoms with Crippen molar-refractivity contribution in [2.45, 2.75) is 19.5 Å². The Morgan fingerprint density at radius 3 is 2.60 bits per heavy atom. The van der Waals surface area contributed by atoms with Crippen LogP contribution >= 0.6 is 7.14 Å². The minimum Gasteiger partial charge on any atom is -0.508 e. The van der Waals surface area contributed by atoms with Gasteiger partial charge in [-0.05, 0) is 35.6 Å². The quantitative estimate of drug-likeness (QED) is 0.812. The van der Waals surface area contributed by atoms with Crippen molar-refractivity contribution in [2.75, 3.05) is 0 Å². The average molecular weight is 285 g/mol. The monoisotopic (exact) mass is 285 g/mol. The van der Waals surface area contributed by atoms with E-state index in [4.69, 9.17) is 0 Å². The maximum absolute atomic E-state index is 13.7. The topological polar surface area (TPSA) is 49.7 Å². The number of phenolic OH excluding ortho intramolecular Hbond substituents is 1. The summed E-state index contributed by atoms with van der Waals surface area (Å²) in [6.07, 6.45) is 0. The van der Waals surface area contributed by atoms with Crippen LogP contribution in [0.1, 0.15) is 13.8 Å². The molecule has 2 aromatic carbocycles. The first kappa shape index (κ1) is 13.1. The molecule has 1 aliphatic heterocycles. The molecule has 102 valence electrons. The van der Waals surface area contributed by atoms with Crippen molar-refractivity contribution in [3.8, 4) is 5.75 Å². The molecule has 1 heterocycles. The highest BCUT2D eigenvalue weighted by atomic mass is 31.2. The molecule has 4 heteroatoms. The predicted molar refractivity (Wildman–Crippen MR) is 82.5 cm³/mol. The second kappa shape index (κ2) is 4.32. The summed E-state index contributed by atoms with van der Waals surface area (Å²) in [5.41, 5.74) is 0.628. The molecular formula is C16H16NO2P. The van der Waals surface area contributed by atoms with Crippen LogP contribution in [0.3, 0.4) is 0 Å². The average Bonchev–Trinajstić information content (AvgIpc) is 2.40. The zero-order valence-electron chi connectivity index (χ0n) is 11.5. The Hall–Kier alpha value is -1.86. The fourth-order valence-electron chi connectivity index (χ4n) is 2.62. The molecule has 0 aromatic heterocycles. The third-order valence-electron chi connectivity index (χ3n) is 3.68. The zero-order chi connectivity index (χ0) is 14.5. The van der Waals surface area contributed by atoms with Crippen LogP contribution in [0.5, 0.6) is 5.75 Å². The lowest BCUT2D eigenvalue weighted by Crippen LogP contribution is -2.38. The van der Waals surface area contributed by atoms with E-state index in [1.54, 1.807) is 18.2 Å². The third-order valence-corrected chi connectivity index (χ3v) is 7.29. The number of benzene rings is 2. The first-order valence-corrected chi connectivity index (χ1v) is 8.32. The Morgan fingerprint density at radius 1 is 1.15 bits per heavy atom. The maximum atomic E-state index is 13.7. The number of fused-ring (bicyclic) bond motifs is 2. The highest BCUT2D eigenvalue weighted by Gasteiger charge is 2.37. The van der Waals surface area contributed by atoms with E-state index in [2.05, 4.69) is 11.6 Å². The summed E-state index contributed by atoms with van der Waals surface area (Å²) in [6.45, 7) is 7.80. The van der Waals surface area contributed by atoms with Crippen molar-refractivity contribution < 1.29 is 9.67 Å². The van der Waals surface area contributed by atoms with Gasteiger partial charge in [-0.2, -0.15) is 0 Å². The normalized spacial score (nSPS) is 20.1. The number of hydrogen-bond donors (Lipinski definition) is 1. The molecule has 20 heavy (non-hydrogen) atoms. The van der Waals surface area contributed by atoms with E-state index in [1.807, 2.05) is 32.0 Å². The van der Waals surface area contributed by atoms with E-state index < -0.39 is 7.14 Å². The molecule has 0 aliphatic carbocycles. The number of rotatable bonds is 1. The number of aromatic hydroxyl groups is 1. The fraction of sp³-hybridized carbons (Fsp3) is 0.188. The summed E-state index contributed by atoms with van der Waals surface area (Å²) < 4.78 is 13.7. The molecule has 0 saturated heterocycles. The molecule has 0 amide bonds. The van der Waals surface area contributed by atoms with Crippen molar-refractivity contribution in [1.29, 1.82) is 0 Å². The van der Waals surface area contributed by atoms with Crippen LogP contribution in [-0.2, 0) is 4.57 Å². The van der Waals surface area contributed by atoms with Crippen LogP contribution in [0, 0.1) is 0 Å². The number of nitrogens with zero attached hydrogens (tertiary/aromatic N) is 1. The molecule has 0 spiro atoms. The van der Waals surface area contributed by atoms with Crippen LogP contribution in [0.25, 0.3) is 6.58 Å². The van der Waals surface area contributed by atoms with E-state index in [0.29, 0.717) is 11.0 Å². The Bertz CT molecular complexity index is 855. The van der Waals surface area contributed by atoms with Crippen LogP contribution in [0.4, 0.5) is 5.69 Å². The Kier molecular flexibility index (Phi) is 2.84. The van der Waals surface area contributed by atoms with Crippen molar-refractivity contribution in [3.05, 3.63) is 47.0 Å². The molecule has 1 atom stereocenters. The SMILES string of the molecule is C=c1ccc2c(c1)P(=O)(C(C)C)c1cc(O)ccc1N=2. The Labute approximate surface area is 117 Å². The minimum atomic E-state index is -2.81. The molecule has 0 fully saturated rings. The zero-order valence-corrected chi connectivity index (χ0v) is 12.4. The van der Waals surface area contributed by atoms with Crippen LogP contribution in [-0.4, -0.2) is 10.8 Å². The van der Waals surface area contributed by atoms with Gasteiger partial charge in [0.15, 0.2) is 0 Å². The first-order valence-electron chi connectivity index (χ1n) is 6.54. The van der Waals surface area contributed by atoms with Crippen LogP contribution in [0.2, 0.25) is 0 Å². The van der Waals surface area contributed by atoms with E-state index in [0.717, 1.165) is 15.9 Å². The van der Waals surface area contributed by atoms with Crippen LogP contribution < -0.4 is 21.2 Å². The van der Waals surface area contributed by atoms with Crippen molar-refractivity contribution in [1.82, 2.24) is 0 Å². The van der Waals surface area contributed by atoms with Gasteiger partial charge in [-0.3, -0.25) is 0 Å². The number of hydrogen-bond acceptors (Lipinski definition) is 3. The van der Waals surface area contributed by atoms with Gasteiger partial charge in [-0.15, -0.1) is 0 Å². The molecule has 0 radical (unpaired) electrons. The predicted octanol–water partition coefficient (Wildman–Crippen LogP) is 1.79. The molecule has 2 aromatic rings. The van der Waals surface area contributed by atoms with Gasteiger partial charge in [-0.1, -0.05) is 26.5 Å². The largest absolute Gasteiger partial charge is 0.508 e. The Balaban J connectivity index is 2.50. The molecule has 1 N–H and O–H groups in total.